The van der Waals surface area contributed by atoms with Crippen molar-refractivity contribution in [2.75, 3.05) is 29.2 Å². The van der Waals surface area contributed by atoms with E-state index in [-0.39, 0.29) is 6.04 Å². The lowest BCUT2D eigenvalue weighted by Crippen LogP contribution is -2.47. The van der Waals surface area contributed by atoms with Crippen molar-refractivity contribution >= 4 is 27.3 Å². The molecule has 1 fully saturated rings. The van der Waals surface area contributed by atoms with Crippen LogP contribution in [0.15, 0.2) is 24.3 Å². The normalized spacial score (nSPS) is 21.3. The first-order valence-electron chi connectivity index (χ1n) is 7.29. The summed E-state index contributed by atoms with van der Waals surface area (Å²) in [4.78, 5) is 2.01. The average molecular weight is 329 g/mol. The third-order valence-corrected chi connectivity index (χ3v) is 6.51. The fourth-order valence-corrected chi connectivity index (χ4v) is 5.34. The first kappa shape index (κ1) is 16.6. The summed E-state index contributed by atoms with van der Waals surface area (Å²) < 4.78 is 23.9. The number of sulfone groups is 1. The van der Waals surface area contributed by atoms with E-state index in [9.17, 15) is 8.42 Å². The first-order valence-corrected chi connectivity index (χ1v) is 10.4. The number of hydrogen-bond donors (Lipinski definition) is 1. The second kappa shape index (κ2) is 7.03. The summed E-state index contributed by atoms with van der Waals surface area (Å²) in [5, 5.41) is -0.417. The lowest BCUT2D eigenvalue weighted by atomic mass is 10.0. The molecule has 1 aliphatic rings. The number of nitrogens with two attached hydrogens (primary N) is 1. The highest BCUT2D eigenvalue weighted by atomic mass is 32.2. The zero-order valence-electron chi connectivity index (χ0n) is 12.7. The van der Waals surface area contributed by atoms with Gasteiger partial charge in [0.15, 0.2) is 9.84 Å². The van der Waals surface area contributed by atoms with Crippen LogP contribution in [0.5, 0.6) is 0 Å². The Balaban J connectivity index is 2.16. The molecule has 0 saturated carbocycles. The van der Waals surface area contributed by atoms with Gasteiger partial charge in [0.1, 0.15) is 5.37 Å². The van der Waals surface area contributed by atoms with Crippen LogP contribution in [0.1, 0.15) is 18.9 Å². The second-order valence-electron chi connectivity index (χ2n) is 5.59. The summed E-state index contributed by atoms with van der Waals surface area (Å²) in [5.41, 5.74) is 8.16. The fraction of sp³-hybridized carbons (Fsp3) is 0.600. The monoisotopic (exact) mass is 328 g/mol. The van der Waals surface area contributed by atoms with Gasteiger partial charge in [0.25, 0.3) is 0 Å². The molecule has 1 aliphatic heterocycles. The predicted octanol–water partition coefficient (Wildman–Crippen LogP) is 1.89. The number of nitrogens with zero attached hydrogens (tertiary/aromatic N) is 1. The number of anilines is 1. The first-order chi connectivity index (χ1) is 9.91. The van der Waals surface area contributed by atoms with E-state index in [1.54, 1.807) is 11.8 Å². The molecule has 1 saturated heterocycles. The zero-order valence-corrected chi connectivity index (χ0v) is 14.3. The minimum Gasteiger partial charge on any atom is -0.353 e. The number of benzene rings is 1. The largest absolute Gasteiger partial charge is 0.353 e. The van der Waals surface area contributed by atoms with Gasteiger partial charge in [-0.15, -0.1) is 0 Å². The van der Waals surface area contributed by atoms with Gasteiger partial charge in [0.2, 0.25) is 0 Å². The molecule has 0 radical (unpaired) electrons. The van der Waals surface area contributed by atoms with Crippen LogP contribution in [-0.2, 0) is 16.3 Å². The molecule has 1 heterocycles. The van der Waals surface area contributed by atoms with Crippen LogP contribution < -0.4 is 10.6 Å². The Morgan fingerprint density at radius 1 is 1.38 bits per heavy atom. The molecule has 6 heteroatoms. The molecule has 1 aromatic carbocycles. The molecule has 0 aromatic heterocycles. The molecular formula is C15H24N2O2S2. The van der Waals surface area contributed by atoms with Crippen LogP contribution in [-0.4, -0.2) is 44.1 Å². The lowest BCUT2D eigenvalue weighted by molar-refractivity contribution is 0.584. The van der Waals surface area contributed by atoms with Crippen LogP contribution in [0.4, 0.5) is 5.69 Å². The molecule has 0 aliphatic carbocycles. The zero-order chi connectivity index (χ0) is 15.5. The molecule has 4 nitrogen and oxygen atoms in total. The van der Waals surface area contributed by atoms with Gasteiger partial charge in [-0.3, -0.25) is 0 Å². The van der Waals surface area contributed by atoms with Gasteiger partial charge in [-0.1, -0.05) is 19.1 Å². The van der Waals surface area contributed by atoms with Gasteiger partial charge < -0.3 is 10.6 Å². The number of thioether (sulfide) groups is 1. The summed E-state index contributed by atoms with van der Waals surface area (Å²) in [6.45, 7) is 2.86. The molecular weight excluding hydrogens is 304 g/mol. The van der Waals surface area contributed by atoms with Crippen LogP contribution in [0.25, 0.3) is 0 Å². The average Bonchev–Trinajstić information content (AvgIpc) is 2.47. The number of rotatable bonds is 5. The van der Waals surface area contributed by atoms with E-state index in [4.69, 9.17) is 5.73 Å². The second-order valence-corrected chi connectivity index (χ2v) is 8.94. The van der Waals surface area contributed by atoms with Crippen LogP contribution >= 0.6 is 11.8 Å². The van der Waals surface area contributed by atoms with Crippen molar-refractivity contribution in [2.24, 2.45) is 5.73 Å². The highest BCUT2D eigenvalue weighted by Gasteiger charge is 2.31. The standard InChI is InChI=1S/C15H24N2O2S2/c1-3-13(16)10-12-4-6-14(7-5-12)17-8-9-20-11-15(17)21(2,18)19/h4-7,13,15H,3,8-11,16H2,1-2H3. The summed E-state index contributed by atoms with van der Waals surface area (Å²) in [6, 6.07) is 8.35. The maximum Gasteiger partial charge on any atom is 0.169 e. The highest BCUT2D eigenvalue weighted by molar-refractivity contribution is 8.01. The Morgan fingerprint density at radius 2 is 2.05 bits per heavy atom. The molecule has 0 spiro atoms. The molecule has 2 unspecified atom stereocenters. The summed E-state index contributed by atoms with van der Waals surface area (Å²) in [7, 11) is -3.07. The summed E-state index contributed by atoms with van der Waals surface area (Å²) in [5.74, 6) is 1.61. The SMILES string of the molecule is CCC(N)Cc1ccc(N2CCSCC2S(C)(=O)=O)cc1. The summed E-state index contributed by atoms with van der Waals surface area (Å²) >= 11 is 1.71. The summed E-state index contributed by atoms with van der Waals surface area (Å²) in [6.07, 6.45) is 3.15. The Hall–Kier alpha value is -0.720. The Bertz CT molecular complexity index is 558. The van der Waals surface area contributed by atoms with Crippen molar-refractivity contribution < 1.29 is 8.42 Å². The molecule has 2 atom stereocenters. The van der Waals surface area contributed by atoms with Crippen molar-refractivity contribution in [3.63, 3.8) is 0 Å². The van der Waals surface area contributed by atoms with Crippen molar-refractivity contribution in [3.05, 3.63) is 29.8 Å². The van der Waals surface area contributed by atoms with Gasteiger partial charge >= 0.3 is 0 Å². The maximum absolute atomic E-state index is 11.9. The maximum atomic E-state index is 11.9. The predicted molar refractivity (Wildman–Crippen MR) is 91.7 cm³/mol. The Morgan fingerprint density at radius 3 is 2.62 bits per heavy atom. The van der Waals surface area contributed by atoms with E-state index in [1.165, 1.54) is 11.8 Å². The van der Waals surface area contributed by atoms with Gasteiger partial charge in [-0.2, -0.15) is 11.8 Å². The Labute approximate surface area is 132 Å². The topological polar surface area (TPSA) is 63.4 Å². The minimum absolute atomic E-state index is 0.186. The third kappa shape index (κ3) is 4.37. The Kier molecular flexibility index (Phi) is 5.57. The molecule has 0 bridgehead atoms. The lowest BCUT2D eigenvalue weighted by Gasteiger charge is -2.36. The molecule has 2 N–H and O–H groups in total. The molecule has 2 rings (SSSR count). The van der Waals surface area contributed by atoms with Crippen molar-refractivity contribution in [2.45, 2.75) is 31.2 Å². The van der Waals surface area contributed by atoms with Gasteiger partial charge in [0, 0.05) is 36.0 Å². The van der Waals surface area contributed by atoms with E-state index >= 15 is 0 Å². The van der Waals surface area contributed by atoms with Crippen molar-refractivity contribution in [1.29, 1.82) is 0 Å². The highest BCUT2D eigenvalue weighted by Crippen LogP contribution is 2.27. The smallest absolute Gasteiger partial charge is 0.169 e. The van der Waals surface area contributed by atoms with Crippen LogP contribution in [0, 0.1) is 0 Å². The van der Waals surface area contributed by atoms with Crippen molar-refractivity contribution in [3.8, 4) is 0 Å². The fourth-order valence-electron chi connectivity index (χ4n) is 2.50. The van der Waals surface area contributed by atoms with Crippen molar-refractivity contribution in [1.82, 2.24) is 0 Å². The molecule has 1 aromatic rings. The van der Waals surface area contributed by atoms with Gasteiger partial charge in [-0.05, 0) is 30.5 Å². The van der Waals surface area contributed by atoms with E-state index in [0.717, 1.165) is 30.8 Å². The number of hydrogen-bond acceptors (Lipinski definition) is 5. The van der Waals surface area contributed by atoms with Gasteiger partial charge in [-0.25, -0.2) is 8.42 Å². The third-order valence-electron chi connectivity index (χ3n) is 3.87. The molecule has 118 valence electrons. The van der Waals surface area contributed by atoms with Gasteiger partial charge in [0.05, 0.1) is 0 Å². The minimum atomic E-state index is -3.07. The van der Waals surface area contributed by atoms with E-state index < -0.39 is 15.2 Å². The quantitative estimate of drug-likeness (QED) is 0.894. The molecule has 0 amide bonds. The van der Waals surface area contributed by atoms with Crippen LogP contribution in [0.3, 0.4) is 0 Å². The van der Waals surface area contributed by atoms with E-state index in [2.05, 4.69) is 19.1 Å². The van der Waals surface area contributed by atoms with E-state index in [0.29, 0.717) is 5.75 Å². The van der Waals surface area contributed by atoms with Crippen LogP contribution in [0.2, 0.25) is 0 Å². The van der Waals surface area contributed by atoms with E-state index in [1.807, 2.05) is 17.0 Å². The molecule has 21 heavy (non-hydrogen) atoms.